The van der Waals surface area contributed by atoms with E-state index >= 15 is 0 Å². The lowest BCUT2D eigenvalue weighted by Gasteiger charge is -2.05. The Kier molecular flexibility index (Phi) is 2.68. The Balaban J connectivity index is 2.07. The number of carbonyl (C=O) groups excluding carboxylic acids is 1. The SMILES string of the molecule is O=Cc1cc(-c2ccc3c(c2)COC3)ccc1F. The summed E-state index contributed by atoms with van der Waals surface area (Å²) < 4.78 is 18.6. The molecular weight excluding hydrogens is 231 g/mol. The van der Waals surface area contributed by atoms with E-state index in [-0.39, 0.29) is 5.56 Å². The molecule has 2 aromatic carbocycles. The maximum atomic E-state index is 13.3. The number of carbonyl (C=O) groups is 1. The molecule has 3 rings (SSSR count). The molecule has 0 aromatic heterocycles. The Morgan fingerprint density at radius 3 is 2.56 bits per heavy atom. The molecule has 1 aliphatic heterocycles. The van der Waals surface area contributed by atoms with E-state index in [0.29, 0.717) is 19.5 Å². The lowest BCUT2D eigenvalue weighted by molar-refractivity contribution is 0.112. The predicted molar refractivity (Wildman–Crippen MR) is 65.7 cm³/mol. The zero-order valence-corrected chi connectivity index (χ0v) is 9.65. The highest BCUT2D eigenvalue weighted by Crippen LogP contribution is 2.27. The van der Waals surface area contributed by atoms with Crippen molar-refractivity contribution in [3.8, 4) is 11.1 Å². The summed E-state index contributed by atoms with van der Waals surface area (Å²) in [5.41, 5.74) is 4.25. The monoisotopic (exact) mass is 242 g/mol. The summed E-state index contributed by atoms with van der Waals surface area (Å²) in [5.74, 6) is -0.488. The molecule has 0 radical (unpaired) electrons. The molecule has 0 saturated heterocycles. The number of aldehydes is 1. The summed E-state index contributed by atoms with van der Waals surface area (Å²) in [7, 11) is 0. The maximum Gasteiger partial charge on any atom is 0.153 e. The maximum absolute atomic E-state index is 13.3. The first-order valence-electron chi connectivity index (χ1n) is 5.72. The largest absolute Gasteiger partial charge is 0.372 e. The second-order valence-electron chi connectivity index (χ2n) is 4.33. The highest BCUT2D eigenvalue weighted by atomic mass is 19.1. The van der Waals surface area contributed by atoms with E-state index < -0.39 is 5.82 Å². The van der Waals surface area contributed by atoms with E-state index in [4.69, 9.17) is 4.74 Å². The lowest BCUT2D eigenvalue weighted by atomic mass is 9.99. The number of rotatable bonds is 2. The van der Waals surface area contributed by atoms with Crippen LogP contribution in [0.2, 0.25) is 0 Å². The molecule has 2 aromatic rings. The zero-order valence-electron chi connectivity index (χ0n) is 9.65. The average molecular weight is 242 g/mol. The third-order valence-corrected chi connectivity index (χ3v) is 3.18. The topological polar surface area (TPSA) is 26.3 Å². The van der Waals surface area contributed by atoms with E-state index in [2.05, 4.69) is 0 Å². The van der Waals surface area contributed by atoms with Crippen LogP contribution in [0.3, 0.4) is 0 Å². The van der Waals surface area contributed by atoms with Crippen LogP contribution < -0.4 is 0 Å². The van der Waals surface area contributed by atoms with Crippen LogP contribution in [0.4, 0.5) is 4.39 Å². The van der Waals surface area contributed by atoms with Crippen LogP contribution in [0.25, 0.3) is 11.1 Å². The first-order chi connectivity index (χ1) is 8.78. The van der Waals surface area contributed by atoms with Crippen LogP contribution in [0.5, 0.6) is 0 Å². The number of ether oxygens (including phenoxy) is 1. The van der Waals surface area contributed by atoms with Gasteiger partial charge in [0.1, 0.15) is 5.82 Å². The van der Waals surface area contributed by atoms with E-state index in [0.717, 1.165) is 16.7 Å². The van der Waals surface area contributed by atoms with Crippen molar-refractivity contribution in [3.05, 3.63) is 58.9 Å². The Morgan fingerprint density at radius 1 is 1.00 bits per heavy atom. The molecule has 0 aliphatic carbocycles. The van der Waals surface area contributed by atoms with Crippen molar-refractivity contribution >= 4 is 6.29 Å². The molecule has 0 saturated carbocycles. The van der Waals surface area contributed by atoms with Crippen molar-refractivity contribution in [1.29, 1.82) is 0 Å². The van der Waals surface area contributed by atoms with Gasteiger partial charge in [0.25, 0.3) is 0 Å². The number of hydrogen-bond donors (Lipinski definition) is 0. The van der Waals surface area contributed by atoms with Gasteiger partial charge in [-0.05, 0) is 40.5 Å². The van der Waals surface area contributed by atoms with Crippen molar-refractivity contribution in [1.82, 2.24) is 0 Å². The normalized spacial score (nSPS) is 13.4. The summed E-state index contributed by atoms with van der Waals surface area (Å²) in [5, 5.41) is 0. The molecule has 2 nitrogen and oxygen atoms in total. The second kappa shape index (κ2) is 4.35. The van der Waals surface area contributed by atoms with Gasteiger partial charge in [-0.25, -0.2) is 4.39 Å². The zero-order chi connectivity index (χ0) is 12.5. The van der Waals surface area contributed by atoms with Gasteiger partial charge in [-0.1, -0.05) is 18.2 Å². The fourth-order valence-corrected chi connectivity index (χ4v) is 2.17. The standard InChI is InChI=1S/C15H11FO2/c16-15-4-3-11(5-13(15)7-17)10-1-2-12-8-18-9-14(12)6-10/h1-7H,8-9H2. The van der Waals surface area contributed by atoms with Gasteiger partial charge in [0.05, 0.1) is 18.8 Å². The highest BCUT2D eigenvalue weighted by molar-refractivity contribution is 5.79. The van der Waals surface area contributed by atoms with Gasteiger partial charge < -0.3 is 4.74 Å². The fourth-order valence-electron chi connectivity index (χ4n) is 2.17. The summed E-state index contributed by atoms with van der Waals surface area (Å²) in [4.78, 5) is 10.7. The first-order valence-corrected chi connectivity index (χ1v) is 5.72. The van der Waals surface area contributed by atoms with E-state index in [9.17, 15) is 9.18 Å². The molecule has 1 aliphatic rings. The quantitative estimate of drug-likeness (QED) is 0.755. The van der Waals surface area contributed by atoms with Crippen LogP contribution in [-0.4, -0.2) is 6.29 Å². The Labute approximate surface area is 104 Å². The predicted octanol–water partition coefficient (Wildman–Crippen LogP) is 3.34. The van der Waals surface area contributed by atoms with Gasteiger partial charge in [-0.15, -0.1) is 0 Å². The van der Waals surface area contributed by atoms with Crippen molar-refractivity contribution < 1.29 is 13.9 Å². The van der Waals surface area contributed by atoms with E-state index in [1.54, 1.807) is 12.1 Å². The number of benzene rings is 2. The molecule has 0 bridgehead atoms. The Bertz CT molecular complexity index is 620. The molecule has 90 valence electrons. The van der Waals surface area contributed by atoms with Gasteiger partial charge in [-0.2, -0.15) is 0 Å². The summed E-state index contributed by atoms with van der Waals surface area (Å²) >= 11 is 0. The molecule has 0 fully saturated rings. The van der Waals surface area contributed by atoms with E-state index in [1.165, 1.54) is 11.6 Å². The van der Waals surface area contributed by atoms with Gasteiger partial charge in [0.2, 0.25) is 0 Å². The molecule has 0 N–H and O–H groups in total. The molecule has 3 heteroatoms. The number of hydrogen-bond acceptors (Lipinski definition) is 2. The van der Waals surface area contributed by atoms with Crippen molar-refractivity contribution in [2.45, 2.75) is 13.2 Å². The van der Waals surface area contributed by atoms with Crippen molar-refractivity contribution in [2.24, 2.45) is 0 Å². The molecule has 0 amide bonds. The van der Waals surface area contributed by atoms with Crippen molar-refractivity contribution in [3.63, 3.8) is 0 Å². The van der Waals surface area contributed by atoms with Gasteiger partial charge >= 0.3 is 0 Å². The Morgan fingerprint density at radius 2 is 1.72 bits per heavy atom. The molecule has 18 heavy (non-hydrogen) atoms. The molecule has 0 unspecified atom stereocenters. The van der Waals surface area contributed by atoms with E-state index in [1.807, 2.05) is 18.2 Å². The minimum atomic E-state index is -0.488. The minimum absolute atomic E-state index is 0.0873. The molecule has 0 spiro atoms. The second-order valence-corrected chi connectivity index (χ2v) is 4.33. The summed E-state index contributed by atoms with van der Waals surface area (Å²) in [6.45, 7) is 1.27. The molecular formula is C15H11FO2. The highest BCUT2D eigenvalue weighted by Gasteiger charge is 2.12. The van der Waals surface area contributed by atoms with Gasteiger partial charge in [0.15, 0.2) is 6.29 Å². The van der Waals surface area contributed by atoms with Gasteiger partial charge in [-0.3, -0.25) is 4.79 Å². The van der Waals surface area contributed by atoms with Crippen molar-refractivity contribution in [2.75, 3.05) is 0 Å². The van der Waals surface area contributed by atoms with Crippen LogP contribution >= 0.6 is 0 Å². The minimum Gasteiger partial charge on any atom is -0.372 e. The Hall–Kier alpha value is -2.00. The third-order valence-electron chi connectivity index (χ3n) is 3.18. The van der Waals surface area contributed by atoms with Crippen LogP contribution in [0.15, 0.2) is 36.4 Å². The smallest absolute Gasteiger partial charge is 0.153 e. The number of fused-ring (bicyclic) bond motifs is 1. The van der Waals surface area contributed by atoms with Gasteiger partial charge in [0, 0.05) is 0 Å². The summed E-state index contributed by atoms with van der Waals surface area (Å²) in [6, 6.07) is 10.6. The first kappa shape index (κ1) is 11.1. The van der Waals surface area contributed by atoms with Crippen LogP contribution in [-0.2, 0) is 18.0 Å². The third kappa shape index (κ3) is 1.83. The molecule has 0 atom stereocenters. The average Bonchev–Trinajstić information content (AvgIpc) is 2.86. The lowest BCUT2D eigenvalue weighted by Crippen LogP contribution is -1.90. The van der Waals surface area contributed by atoms with Crippen LogP contribution in [0.1, 0.15) is 21.5 Å². The molecule has 1 heterocycles. The fraction of sp³-hybridized carbons (Fsp3) is 0.133. The van der Waals surface area contributed by atoms with Crippen LogP contribution in [0, 0.1) is 5.82 Å². The number of halogens is 1. The summed E-state index contributed by atoms with van der Waals surface area (Å²) in [6.07, 6.45) is 0.537.